The molecule has 1 aromatic carbocycles. The maximum Gasteiger partial charge on any atom is 0.280 e. The number of benzene rings is 1. The summed E-state index contributed by atoms with van der Waals surface area (Å²) in [5, 5.41) is 6.91. The summed E-state index contributed by atoms with van der Waals surface area (Å²) < 4.78 is 1.63. The fourth-order valence-corrected chi connectivity index (χ4v) is 3.87. The largest absolute Gasteiger partial charge is 0.290 e. The molecule has 0 aliphatic heterocycles. The zero-order valence-electron chi connectivity index (χ0n) is 13.1. The van der Waals surface area contributed by atoms with Gasteiger partial charge < -0.3 is 0 Å². The van der Waals surface area contributed by atoms with Crippen LogP contribution in [0.4, 0.5) is 0 Å². The highest BCUT2D eigenvalue weighted by Gasteiger charge is 2.13. The van der Waals surface area contributed by atoms with E-state index >= 15 is 0 Å². The Hall–Kier alpha value is -2.40. The van der Waals surface area contributed by atoms with E-state index in [-0.39, 0.29) is 5.56 Å². The van der Waals surface area contributed by atoms with Crippen LogP contribution in [0.2, 0.25) is 0 Å². The minimum absolute atomic E-state index is 0.0455. The van der Waals surface area contributed by atoms with Gasteiger partial charge in [0.1, 0.15) is 0 Å². The van der Waals surface area contributed by atoms with Crippen LogP contribution in [0.1, 0.15) is 23.8 Å². The maximum absolute atomic E-state index is 12.7. The van der Waals surface area contributed by atoms with Crippen molar-refractivity contribution in [3.63, 3.8) is 0 Å². The van der Waals surface area contributed by atoms with Crippen molar-refractivity contribution in [1.82, 2.24) is 14.8 Å². The monoisotopic (exact) mass is 323 g/mol. The summed E-state index contributed by atoms with van der Waals surface area (Å²) >= 11 is 1.70. The van der Waals surface area contributed by atoms with Gasteiger partial charge in [0.2, 0.25) is 0 Å². The van der Waals surface area contributed by atoms with Crippen molar-refractivity contribution in [3.05, 3.63) is 56.6 Å². The van der Waals surface area contributed by atoms with Crippen LogP contribution in [-0.4, -0.2) is 14.8 Å². The van der Waals surface area contributed by atoms with Crippen LogP contribution < -0.4 is 5.56 Å². The molecule has 116 valence electrons. The van der Waals surface area contributed by atoms with Gasteiger partial charge in [-0.25, -0.2) is 4.68 Å². The predicted octanol–water partition coefficient (Wildman–Crippen LogP) is 4.19. The van der Waals surface area contributed by atoms with Crippen LogP contribution in [0, 0.1) is 6.92 Å². The van der Waals surface area contributed by atoms with Crippen LogP contribution >= 0.6 is 11.3 Å². The number of thiophene rings is 1. The lowest BCUT2D eigenvalue weighted by molar-refractivity contribution is 0.865. The molecule has 0 atom stereocenters. The topological polar surface area (TPSA) is 50.7 Å². The van der Waals surface area contributed by atoms with Gasteiger partial charge >= 0.3 is 0 Å². The molecule has 0 unspecified atom stereocenters. The summed E-state index contributed by atoms with van der Waals surface area (Å²) in [5.41, 5.74) is 3.77. The summed E-state index contributed by atoms with van der Waals surface area (Å²) in [5.74, 6) is 0. The number of fused-ring (bicyclic) bond motifs is 3. The average molecular weight is 323 g/mol. The number of hydrogen-bond donors (Lipinski definition) is 1. The number of rotatable bonds is 3. The van der Waals surface area contributed by atoms with Gasteiger partial charge in [0.15, 0.2) is 0 Å². The molecule has 4 aromatic rings. The van der Waals surface area contributed by atoms with Gasteiger partial charge in [-0.2, -0.15) is 0 Å². The van der Waals surface area contributed by atoms with Crippen LogP contribution in [-0.2, 0) is 6.42 Å². The van der Waals surface area contributed by atoms with Crippen molar-refractivity contribution in [2.45, 2.75) is 26.7 Å². The van der Waals surface area contributed by atoms with Gasteiger partial charge in [0.25, 0.3) is 5.56 Å². The van der Waals surface area contributed by atoms with Gasteiger partial charge in [-0.05, 0) is 31.0 Å². The molecule has 0 saturated heterocycles. The fraction of sp³-hybridized carbons (Fsp3) is 0.222. The number of H-pyrrole nitrogens is 1. The predicted molar refractivity (Wildman–Crippen MR) is 95.8 cm³/mol. The minimum atomic E-state index is -0.0455. The first-order valence-electron chi connectivity index (χ1n) is 7.75. The van der Waals surface area contributed by atoms with E-state index in [1.165, 1.54) is 4.88 Å². The molecular weight excluding hydrogens is 306 g/mol. The first-order valence-corrected chi connectivity index (χ1v) is 8.63. The molecule has 23 heavy (non-hydrogen) atoms. The zero-order valence-corrected chi connectivity index (χ0v) is 13.9. The molecule has 0 radical (unpaired) electrons. The Kier molecular flexibility index (Phi) is 3.31. The highest BCUT2D eigenvalue weighted by molar-refractivity contribution is 7.10. The standard InChI is InChI=1S/C18H17N3OS/c1-3-4-13-8-12(10-23-13)21-18(22)15-9-19-16-7-11(2)5-6-14(16)17(15)20-21/h5-10,20H,3-4H2,1-2H3. The minimum Gasteiger partial charge on any atom is -0.290 e. The maximum atomic E-state index is 12.7. The third-order valence-electron chi connectivity index (χ3n) is 4.08. The Morgan fingerprint density at radius 2 is 2.13 bits per heavy atom. The van der Waals surface area contributed by atoms with E-state index in [4.69, 9.17) is 0 Å². The van der Waals surface area contributed by atoms with Crippen molar-refractivity contribution in [2.24, 2.45) is 0 Å². The van der Waals surface area contributed by atoms with Crippen LogP contribution in [0.15, 0.2) is 40.6 Å². The van der Waals surface area contributed by atoms with Gasteiger partial charge in [0.05, 0.1) is 22.1 Å². The molecule has 3 aromatic heterocycles. The summed E-state index contributed by atoms with van der Waals surface area (Å²) in [6.45, 7) is 4.20. The second-order valence-electron chi connectivity index (χ2n) is 5.84. The van der Waals surface area contributed by atoms with E-state index in [1.54, 1.807) is 22.2 Å². The highest BCUT2D eigenvalue weighted by atomic mass is 32.1. The molecule has 4 rings (SSSR count). The quantitative estimate of drug-likeness (QED) is 0.614. The molecule has 5 heteroatoms. The lowest BCUT2D eigenvalue weighted by Gasteiger charge is -1.99. The van der Waals surface area contributed by atoms with Gasteiger partial charge in [-0.3, -0.25) is 14.9 Å². The summed E-state index contributed by atoms with van der Waals surface area (Å²) in [6, 6.07) is 8.19. The van der Waals surface area contributed by atoms with E-state index in [1.807, 2.05) is 30.5 Å². The van der Waals surface area contributed by atoms with E-state index in [9.17, 15) is 4.79 Å². The van der Waals surface area contributed by atoms with Gasteiger partial charge in [0, 0.05) is 21.8 Å². The normalized spacial score (nSPS) is 11.6. The molecular formula is C18H17N3OS. The number of nitrogens with zero attached hydrogens (tertiary/aromatic N) is 2. The first kappa shape index (κ1) is 14.2. The van der Waals surface area contributed by atoms with Crippen molar-refractivity contribution in [1.29, 1.82) is 0 Å². The summed E-state index contributed by atoms with van der Waals surface area (Å²) in [6.07, 6.45) is 3.82. The Labute approximate surface area is 137 Å². The Balaban J connectivity index is 1.95. The second kappa shape index (κ2) is 5.35. The number of nitrogens with one attached hydrogen (secondary N) is 1. The molecule has 0 saturated carbocycles. The molecule has 1 N–H and O–H groups in total. The summed E-state index contributed by atoms with van der Waals surface area (Å²) in [7, 11) is 0. The second-order valence-corrected chi connectivity index (χ2v) is 6.84. The van der Waals surface area contributed by atoms with Gasteiger partial charge in [-0.15, -0.1) is 11.3 Å². The first-order chi connectivity index (χ1) is 11.2. The Morgan fingerprint density at radius 1 is 1.26 bits per heavy atom. The van der Waals surface area contributed by atoms with E-state index in [0.29, 0.717) is 5.39 Å². The van der Waals surface area contributed by atoms with Crippen molar-refractivity contribution in [3.8, 4) is 5.69 Å². The molecule has 0 aliphatic carbocycles. The smallest absolute Gasteiger partial charge is 0.280 e. The molecule has 0 fully saturated rings. The Morgan fingerprint density at radius 3 is 2.96 bits per heavy atom. The summed E-state index contributed by atoms with van der Waals surface area (Å²) in [4.78, 5) is 18.4. The fourth-order valence-electron chi connectivity index (χ4n) is 2.91. The van der Waals surface area contributed by atoms with Crippen molar-refractivity contribution in [2.75, 3.05) is 0 Å². The van der Waals surface area contributed by atoms with Crippen LogP contribution in [0.3, 0.4) is 0 Å². The van der Waals surface area contributed by atoms with Gasteiger partial charge in [-0.1, -0.05) is 25.5 Å². The molecule has 0 amide bonds. The third kappa shape index (κ3) is 2.28. The lowest BCUT2D eigenvalue weighted by Crippen LogP contribution is -2.13. The lowest BCUT2D eigenvalue weighted by atomic mass is 10.1. The van der Waals surface area contributed by atoms with E-state index in [0.717, 1.165) is 40.5 Å². The Bertz CT molecular complexity index is 1070. The number of hydrogen-bond acceptors (Lipinski definition) is 3. The molecule has 3 heterocycles. The highest BCUT2D eigenvalue weighted by Crippen LogP contribution is 2.23. The molecule has 4 nitrogen and oxygen atoms in total. The number of pyridine rings is 1. The van der Waals surface area contributed by atoms with E-state index in [2.05, 4.69) is 23.1 Å². The van der Waals surface area contributed by atoms with Crippen LogP contribution in [0.5, 0.6) is 0 Å². The zero-order chi connectivity index (χ0) is 16.0. The molecule has 0 bridgehead atoms. The van der Waals surface area contributed by atoms with Crippen molar-refractivity contribution < 1.29 is 0 Å². The van der Waals surface area contributed by atoms with Crippen molar-refractivity contribution >= 4 is 33.1 Å². The van der Waals surface area contributed by atoms with E-state index < -0.39 is 0 Å². The number of aryl methyl sites for hydroxylation is 2. The number of aromatic amines is 1. The third-order valence-corrected chi connectivity index (χ3v) is 5.06. The average Bonchev–Trinajstić information content (AvgIpc) is 3.12. The SMILES string of the molecule is CCCc1cc(-n2[nH]c3c(cnc4cc(C)ccc43)c2=O)cs1. The number of aromatic nitrogens is 3. The molecule has 0 spiro atoms. The molecule has 0 aliphatic rings. The van der Waals surface area contributed by atoms with Crippen LogP contribution in [0.25, 0.3) is 27.5 Å².